The highest BCUT2D eigenvalue weighted by Gasteiger charge is 2.17. The molecule has 0 spiro atoms. The summed E-state index contributed by atoms with van der Waals surface area (Å²) in [6.45, 7) is 0.357. The van der Waals surface area contributed by atoms with Crippen LogP contribution in [-0.2, 0) is 14.3 Å². The second-order valence-corrected chi connectivity index (χ2v) is 2.18. The Morgan fingerprint density at radius 1 is 1.70 bits per heavy atom. The van der Waals surface area contributed by atoms with Crippen LogP contribution in [0, 0.1) is 0 Å². The summed E-state index contributed by atoms with van der Waals surface area (Å²) in [4.78, 5) is 20.4. The molecule has 1 atom stereocenters. The molecule has 0 aromatic carbocycles. The average molecular weight is 143 g/mol. The van der Waals surface area contributed by atoms with E-state index >= 15 is 0 Å². The molecule has 1 amide bonds. The van der Waals surface area contributed by atoms with E-state index in [1.54, 1.807) is 0 Å². The SMILES string of the molecule is O=CO[C@@H]1CCCC(=O)N1. The molecule has 0 radical (unpaired) electrons. The zero-order chi connectivity index (χ0) is 7.40. The lowest BCUT2D eigenvalue weighted by Gasteiger charge is -2.20. The van der Waals surface area contributed by atoms with Crippen molar-refractivity contribution in [3.05, 3.63) is 0 Å². The van der Waals surface area contributed by atoms with Crippen molar-refractivity contribution in [1.82, 2.24) is 5.32 Å². The fraction of sp³-hybridized carbons (Fsp3) is 0.667. The monoisotopic (exact) mass is 143 g/mol. The number of rotatable bonds is 2. The molecule has 0 aliphatic carbocycles. The summed E-state index contributed by atoms with van der Waals surface area (Å²) in [6.07, 6.45) is 1.67. The Morgan fingerprint density at radius 2 is 2.50 bits per heavy atom. The van der Waals surface area contributed by atoms with Crippen LogP contribution in [0.15, 0.2) is 0 Å². The highest BCUT2D eigenvalue weighted by atomic mass is 16.5. The van der Waals surface area contributed by atoms with Crippen LogP contribution in [0.25, 0.3) is 0 Å². The number of hydrogen-bond donors (Lipinski definition) is 1. The van der Waals surface area contributed by atoms with Gasteiger partial charge in [-0.05, 0) is 6.42 Å². The fourth-order valence-electron chi connectivity index (χ4n) is 0.941. The van der Waals surface area contributed by atoms with Crippen molar-refractivity contribution < 1.29 is 14.3 Å². The van der Waals surface area contributed by atoms with Gasteiger partial charge in [-0.1, -0.05) is 0 Å². The lowest BCUT2D eigenvalue weighted by Crippen LogP contribution is -2.40. The number of piperidine rings is 1. The number of amides is 1. The Balaban J connectivity index is 2.31. The van der Waals surface area contributed by atoms with Crippen LogP contribution >= 0.6 is 0 Å². The first-order valence-corrected chi connectivity index (χ1v) is 3.21. The Kier molecular flexibility index (Phi) is 2.25. The predicted octanol–water partition coefficient (Wildman–Crippen LogP) is -0.214. The second kappa shape index (κ2) is 3.20. The predicted molar refractivity (Wildman–Crippen MR) is 32.9 cm³/mol. The van der Waals surface area contributed by atoms with E-state index in [4.69, 9.17) is 0 Å². The molecule has 56 valence electrons. The number of hydrogen-bond acceptors (Lipinski definition) is 3. The molecule has 1 heterocycles. The van der Waals surface area contributed by atoms with E-state index < -0.39 is 6.23 Å². The first-order chi connectivity index (χ1) is 4.83. The fourth-order valence-corrected chi connectivity index (χ4v) is 0.941. The topological polar surface area (TPSA) is 55.4 Å². The maximum Gasteiger partial charge on any atom is 0.295 e. The van der Waals surface area contributed by atoms with E-state index in [0.29, 0.717) is 12.9 Å². The third-order valence-electron chi connectivity index (χ3n) is 1.41. The number of nitrogens with one attached hydrogen (secondary N) is 1. The molecule has 1 N–H and O–H groups in total. The molecular formula is C6H9NO3. The van der Waals surface area contributed by atoms with Gasteiger partial charge in [-0.3, -0.25) is 9.59 Å². The Labute approximate surface area is 58.5 Å². The summed E-state index contributed by atoms with van der Waals surface area (Å²) < 4.78 is 4.54. The third kappa shape index (κ3) is 1.72. The molecule has 0 aromatic heterocycles. The number of carbonyl (C=O) groups excluding carboxylic acids is 2. The molecule has 1 fully saturated rings. The van der Waals surface area contributed by atoms with Crippen molar-refractivity contribution >= 4 is 12.4 Å². The van der Waals surface area contributed by atoms with Crippen LogP contribution in [0.4, 0.5) is 0 Å². The van der Waals surface area contributed by atoms with Gasteiger partial charge in [0, 0.05) is 12.8 Å². The van der Waals surface area contributed by atoms with Crippen molar-refractivity contribution in [2.24, 2.45) is 0 Å². The Morgan fingerprint density at radius 3 is 3.10 bits per heavy atom. The summed E-state index contributed by atoms with van der Waals surface area (Å²) in [7, 11) is 0. The van der Waals surface area contributed by atoms with Crippen LogP contribution in [0.3, 0.4) is 0 Å². The van der Waals surface area contributed by atoms with Crippen LogP contribution in [0.2, 0.25) is 0 Å². The lowest BCUT2D eigenvalue weighted by molar-refractivity contribution is -0.140. The zero-order valence-corrected chi connectivity index (χ0v) is 5.50. The van der Waals surface area contributed by atoms with Crippen LogP contribution in [0.5, 0.6) is 0 Å². The zero-order valence-electron chi connectivity index (χ0n) is 5.50. The van der Waals surface area contributed by atoms with Gasteiger partial charge in [0.1, 0.15) is 0 Å². The molecule has 1 aliphatic rings. The van der Waals surface area contributed by atoms with Gasteiger partial charge in [0.15, 0.2) is 6.23 Å². The first-order valence-electron chi connectivity index (χ1n) is 3.21. The van der Waals surface area contributed by atoms with Crippen LogP contribution in [0.1, 0.15) is 19.3 Å². The molecule has 0 aromatic rings. The Hall–Kier alpha value is -1.06. The number of carbonyl (C=O) groups is 2. The molecule has 1 aliphatic heterocycles. The van der Waals surface area contributed by atoms with E-state index in [9.17, 15) is 9.59 Å². The van der Waals surface area contributed by atoms with Crippen molar-refractivity contribution in [3.63, 3.8) is 0 Å². The number of ether oxygens (including phenoxy) is 1. The van der Waals surface area contributed by atoms with Gasteiger partial charge < -0.3 is 10.1 Å². The van der Waals surface area contributed by atoms with E-state index in [1.807, 2.05) is 0 Å². The summed E-state index contributed by atoms with van der Waals surface area (Å²) in [5, 5.41) is 2.52. The normalized spacial score (nSPS) is 25.2. The summed E-state index contributed by atoms with van der Waals surface area (Å²) in [5.74, 6) is -0.0434. The molecule has 4 nitrogen and oxygen atoms in total. The highest BCUT2D eigenvalue weighted by molar-refractivity contribution is 5.76. The van der Waals surface area contributed by atoms with Gasteiger partial charge in [-0.2, -0.15) is 0 Å². The van der Waals surface area contributed by atoms with Gasteiger partial charge in [-0.15, -0.1) is 0 Å². The van der Waals surface area contributed by atoms with Crippen molar-refractivity contribution in [2.45, 2.75) is 25.5 Å². The summed E-state index contributed by atoms with van der Waals surface area (Å²) >= 11 is 0. The molecule has 1 saturated heterocycles. The van der Waals surface area contributed by atoms with Crippen molar-refractivity contribution in [2.75, 3.05) is 0 Å². The summed E-state index contributed by atoms with van der Waals surface area (Å²) in [5.41, 5.74) is 0. The largest absolute Gasteiger partial charge is 0.444 e. The molecule has 10 heavy (non-hydrogen) atoms. The van der Waals surface area contributed by atoms with E-state index in [2.05, 4.69) is 10.1 Å². The minimum atomic E-state index is -0.390. The first kappa shape index (κ1) is 7.05. The highest BCUT2D eigenvalue weighted by Crippen LogP contribution is 2.07. The summed E-state index contributed by atoms with van der Waals surface area (Å²) in [6, 6.07) is 0. The average Bonchev–Trinajstić information content (AvgIpc) is 1.88. The van der Waals surface area contributed by atoms with E-state index in [-0.39, 0.29) is 5.91 Å². The van der Waals surface area contributed by atoms with Gasteiger partial charge >= 0.3 is 0 Å². The minimum absolute atomic E-state index is 0.0434. The second-order valence-electron chi connectivity index (χ2n) is 2.18. The lowest BCUT2D eigenvalue weighted by atomic mass is 10.1. The minimum Gasteiger partial charge on any atom is -0.444 e. The van der Waals surface area contributed by atoms with Crippen molar-refractivity contribution in [1.29, 1.82) is 0 Å². The molecule has 1 rings (SSSR count). The molecule has 0 saturated carbocycles. The maximum absolute atomic E-state index is 10.6. The van der Waals surface area contributed by atoms with E-state index in [1.165, 1.54) is 0 Å². The molecule has 4 heteroatoms. The molecule has 0 unspecified atom stereocenters. The van der Waals surface area contributed by atoms with Crippen molar-refractivity contribution in [3.8, 4) is 0 Å². The quantitative estimate of drug-likeness (QED) is 0.544. The maximum atomic E-state index is 10.6. The molecular weight excluding hydrogens is 134 g/mol. The van der Waals surface area contributed by atoms with Crippen LogP contribution < -0.4 is 5.32 Å². The standard InChI is InChI=1S/C6H9NO3/c8-4-10-6-3-1-2-5(9)7-6/h4,6H,1-3H2,(H,7,9)/t6-/m1/s1. The van der Waals surface area contributed by atoms with Gasteiger partial charge in [0.05, 0.1) is 0 Å². The smallest absolute Gasteiger partial charge is 0.295 e. The van der Waals surface area contributed by atoms with E-state index in [0.717, 1.165) is 12.8 Å². The molecule has 0 bridgehead atoms. The van der Waals surface area contributed by atoms with Gasteiger partial charge in [-0.25, -0.2) is 0 Å². The third-order valence-corrected chi connectivity index (χ3v) is 1.41. The van der Waals surface area contributed by atoms with Gasteiger partial charge in [0.2, 0.25) is 5.91 Å². The van der Waals surface area contributed by atoms with Crippen LogP contribution in [-0.4, -0.2) is 18.6 Å². The Bertz CT molecular complexity index is 146. The van der Waals surface area contributed by atoms with Gasteiger partial charge in [0.25, 0.3) is 6.47 Å².